The van der Waals surface area contributed by atoms with E-state index < -0.39 is 5.82 Å². The molecule has 2 aromatic rings. The third-order valence-electron chi connectivity index (χ3n) is 2.73. The van der Waals surface area contributed by atoms with Gasteiger partial charge in [-0.2, -0.15) is 0 Å². The number of rotatable bonds is 3. The number of aryl methyl sites for hydroxylation is 1. The standard InChI is InChI=1S/C14H12ClFN2S/c1-8-3-2-4-10(14(17)19)13(8)18-9-5-6-12(16)11(15)7-9/h2-7,18H,1H3,(H2,17,19). The Morgan fingerprint density at radius 3 is 2.68 bits per heavy atom. The first-order valence-electron chi connectivity index (χ1n) is 5.60. The molecule has 0 aliphatic carbocycles. The van der Waals surface area contributed by atoms with Gasteiger partial charge in [-0.05, 0) is 36.8 Å². The van der Waals surface area contributed by atoms with Gasteiger partial charge in [0, 0.05) is 11.3 Å². The Morgan fingerprint density at radius 2 is 2.05 bits per heavy atom. The molecule has 0 unspecified atom stereocenters. The topological polar surface area (TPSA) is 38.0 Å². The monoisotopic (exact) mass is 294 g/mol. The highest BCUT2D eigenvalue weighted by Crippen LogP contribution is 2.27. The van der Waals surface area contributed by atoms with Crippen molar-refractivity contribution in [3.05, 3.63) is 58.4 Å². The quantitative estimate of drug-likeness (QED) is 0.835. The van der Waals surface area contributed by atoms with Crippen molar-refractivity contribution < 1.29 is 4.39 Å². The summed E-state index contributed by atoms with van der Waals surface area (Å²) in [6.45, 7) is 1.94. The Kier molecular flexibility index (Phi) is 4.02. The van der Waals surface area contributed by atoms with E-state index in [1.165, 1.54) is 12.1 Å². The average molecular weight is 295 g/mol. The second-order valence-corrected chi connectivity index (χ2v) is 4.96. The van der Waals surface area contributed by atoms with E-state index in [0.29, 0.717) is 10.7 Å². The Morgan fingerprint density at radius 1 is 1.32 bits per heavy atom. The molecule has 0 saturated heterocycles. The van der Waals surface area contributed by atoms with Crippen molar-refractivity contribution in [2.75, 3.05) is 5.32 Å². The van der Waals surface area contributed by atoms with Crippen molar-refractivity contribution in [1.29, 1.82) is 0 Å². The molecule has 0 heterocycles. The van der Waals surface area contributed by atoms with Crippen LogP contribution in [0.15, 0.2) is 36.4 Å². The molecule has 2 rings (SSSR count). The minimum atomic E-state index is -0.452. The molecule has 3 N–H and O–H groups in total. The van der Waals surface area contributed by atoms with Gasteiger partial charge >= 0.3 is 0 Å². The fourth-order valence-electron chi connectivity index (χ4n) is 1.76. The maximum atomic E-state index is 13.1. The molecule has 0 aliphatic heterocycles. The molecule has 0 bridgehead atoms. The summed E-state index contributed by atoms with van der Waals surface area (Å²) in [5, 5.41) is 3.24. The Balaban J connectivity index is 2.42. The van der Waals surface area contributed by atoms with Gasteiger partial charge in [0.05, 0.1) is 10.7 Å². The molecule has 2 aromatic carbocycles. The zero-order chi connectivity index (χ0) is 14.0. The first kappa shape index (κ1) is 13.8. The number of nitrogens with two attached hydrogens (primary N) is 1. The molecule has 98 valence electrons. The fraction of sp³-hybridized carbons (Fsp3) is 0.0714. The van der Waals surface area contributed by atoms with E-state index in [1.807, 2.05) is 25.1 Å². The molecule has 0 radical (unpaired) electrons. The van der Waals surface area contributed by atoms with E-state index in [-0.39, 0.29) is 5.02 Å². The van der Waals surface area contributed by atoms with Crippen LogP contribution in [0.3, 0.4) is 0 Å². The van der Waals surface area contributed by atoms with Crippen molar-refractivity contribution in [3.8, 4) is 0 Å². The molecule has 2 nitrogen and oxygen atoms in total. The van der Waals surface area contributed by atoms with Crippen molar-refractivity contribution >= 4 is 40.2 Å². The van der Waals surface area contributed by atoms with Crippen LogP contribution in [0.25, 0.3) is 0 Å². The Hall–Kier alpha value is -1.65. The van der Waals surface area contributed by atoms with Crippen LogP contribution >= 0.6 is 23.8 Å². The van der Waals surface area contributed by atoms with E-state index in [2.05, 4.69) is 5.32 Å². The van der Waals surface area contributed by atoms with E-state index in [4.69, 9.17) is 29.6 Å². The largest absolute Gasteiger partial charge is 0.389 e. The van der Waals surface area contributed by atoms with Gasteiger partial charge in [0.25, 0.3) is 0 Å². The number of thiocarbonyl (C=S) groups is 1. The van der Waals surface area contributed by atoms with Gasteiger partial charge in [-0.15, -0.1) is 0 Å². The molecule has 0 fully saturated rings. The number of hydrogen-bond acceptors (Lipinski definition) is 2. The molecular weight excluding hydrogens is 283 g/mol. The summed E-state index contributed by atoms with van der Waals surface area (Å²) < 4.78 is 13.1. The third-order valence-corrected chi connectivity index (χ3v) is 3.24. The lowest BCUT2D eigenvalue weighted by Crippen LogP contribution is -2.12. The summed E-state index contributed by atoms with van der Waals surface area (Å²) in [5.41, 5.74) is 8.92. The fourth-order valence-corrected chi connectivity index (χ4v) is 2.11. The zero-order valence-electron chi connectivity index (χ0n) is 10.2. The summed E-state index contributed by atoms with van der Waals surface area (Å²) in [6, 6.07) is 10.1. The van der Waals surface area contributed by atoms with Gasteiger partial charge < -0.3 is 11.1 Å². The molecule has 0 saturated carbocycles. The summed E-state index contributed by atoms with van der Waals surface area (Å²) >= 11 is 10.8. The summed E-state index contributed by atoms with van der Waals surface area (Å²) in [6.07, 6.45) is 0. The van der Waals surface area contributed by atoms with E-state index in [9.17, 15) is 4.39 Å². The molecule has 0 aliphatic rings. The predicted molar refractivity (Wildman–Crippen MR) is 81.8 cm³/mol. The van der Waals surface area contributed by atoms with Crippen LogP contribution in [0.2, 0.25) is 5.02 Å². The van der Waals surface area contributed by atoms with Crippen molar-refractivity contribution in [2.45, 2.75) is 6.92 Å². The molecule has 0 atom stereocenters. The first-order chi connectivity index (χ1) is 8.99. The normalized spacial score (nSPS) is 10.3. The highest BCUT2D eigenvalue weighted by atomic mass is 35.5. The lowest BCUT2D eigenvalue weighted by molar-refractivity contribution is 0.628. The van der Waals surface area contributed by atoms with Crippen molar-refractivity contribution in [2.24, 2.45) is 5.73 Å². The number of para-hydroxylation sites is 1. The number of anilines is 2. The van der Waals surface area contributed by atoms with Gasteiger partial charge in [0.2, 0.25) is 0 Å². The summed E-state index contributed by atoms with van der Waals surface area (Å²) in [5.74, 6) is -0.452. The highest BCUT2D eigenvalue weighted by Gasteiger charge is 2.09. The Bertz CT molecular complexity index is 643. The van der Waals surface area contributed by atoms with Crippen LogP contribution in [-0.4, -0.2) is 4.99 Å². The minimum absolute atomic E-state index is 0.0652. The average Bonchev–Trinajstić information content (AvgIpc) is 2.36. The molecule has 0 amide bonds. The maximum Gasteiger partial charge on any atom is 0.141 e. The van der Waals surface area contributed by atoms with Crippen LogP contribution in [-0.2, 0) is 0 Å². The van der Waals surface area contributed by atoms with Gasteiger partial charge in [-0.25, -0.2) is 4.39 Å². The van der Waals surface area contributed by atoms with Crippen LogP contribution < -0.4 is 11.1 Å². The number of benzene rings is 2. The maximum absolute atomic E-state index is 13.1. The number of hydrogen-bond donors (Lipinski definition) is 2. The van der Waals surface area contributed by atoms with Gasteiger partial charge in [-0.1, -0.05) is 36.0 Å². The Labute approximate surface area is 121 Å². The van der Waals surface area contributed by atoms with Gasteiger partial charge in [0.1, 0.15) is 10.8 Å². The predicted octanol–water partition coefficient (Wildman–Crippen LogP) is 4.17. The lowest BCUT2D eigenvalue weighted by atomic mass is 10.1. The van der Waals surface area contributed by atoms with Crippen LogP contribution in [0.5, 0.6) is 0 Å². The van der Waals surface area contributed by atoms with Crippen LogP contribution in [0.1, 0.15) is 11.1 Å². The number of halogens is 2. The van der Waals surface area contributed by atoms with E-state index in [1.54, 1.807) is 6.07 Å². The van der Waals surface area contributed by atoms with Crippen LogP contribution in [0, 0.1) is 12.7 Å². The molecule has 0 aromatic heterocycles. The zero-order valence-corrected chi connectivity index (χ0v) is 11.8. The smallest absolute Gasteiger partial charge is 0.141 e. The van der Waals surface area contributed by atoms with Crippen molar-refractivity contribution in [3.63, 3.8) is 0 Å². The molecule has 19 heavy (non-hydrogen) atoms. The molecule has 5 heteroatoms. The van der Waals surface area contributed by atoms with Crippen LogP contribution in [0.4, 0.5) is 15.8 Å². The van der Waals surface area contributed by atoms with Gasteiger partial charge in [-0.3, -0.25) is 0 Å². The summed E-state index contributed by atoms with van der Waals surface area (Å²) in [4.78, 5) is 0.305. The molecular formula is C14H12ClFN2S. The summed E-state index contributed by atoms with van der Waals surface area (Å²) in [7, 11) is 0. The van der Waals surface area contributed by atoms with E-state index >= 15 is 0 Å². The lowest BCUT2D eigenvalue weighted by Gasteiger charge is -2.14. The third kappa shape index (κ3) is 3.03. The van der Waals surface area contributed by atoms with Gasteiger partial charge in [0.15, 0.2) is 0 Å². The first-order valence-corrected chi connectivity index (χ1v) is 6.39. The highest BCUT2D eigenvalue weighted by molar-refractivity contribution is 7.80. The SMILES string of the molecule is Cc1cccc(C(N)=S)c1Nc1ccc(F)c(Cl)c1. The van der Waals surface area contributed by atoms with Crippen molar-refractivity contribution in [1.82, 2.24) is 0 Å². The number of nitrogens with one attached hydrogen (secondary N) is 1. The van der Waals surface area contributed by atoms with E-state index in [0.717, 1.165) is 16.8 Å². The second-order valence-electron chi connectivity index (χ2n) is 4.12. The molecule has 0 spiro atoms. The minimum Gasteiger partial charge on any atom is -0.389 e. The second kappa shape index (κ2) is 5.55.